The molecule has 0 radical (unpaired) electrons. The van der Waals surface area contributed by atoms with E-state index in [1.54, 1.807) is 24.3 Å². The maximum atomic E-state index is 14.6. The number of aromatic nitrogens is 2. The van der Waals surface area contributed by atoms with Crippen molar-refractivity contribution in [1.29, 1.82) is 0 Å². The molecule has 2 aliphatic rings. The Morgan fingerprint density at radius 2 is 1.88 bits per heavy atom. The van der Waals surface area contributed by atoms with Crippen molar-refractivity contribution in [3.8, 4) is 5.69 Å². The van der Waals surface area contributed by atoms with E-state index in [1.807, 2.05) is 6.07 Å². The number of hydrogen-bond acceptors (Lipinski definition) is 4. The van der Waals surface area contributed by atoms with Gasteiger partial charge in [-0.2, -0.15) is 5.10 Å². The van der Waals surface area contributed by atoms with Gasteiger partial charge in [0.25, 0.3) is 5.91 Å². The molecule has 2 aromatic carbocycles. The predicted molar refractivity (Wildman–Crippen MR) is 111 cm³/mol. The van der Waals surface area contributed by atoms with E-state index < -0.39 is 29.6 Å². The number of esters is 1. The minimum absolute atomic E-state index is 0.0989. The van der Waals surface area contributed by atoms with Gasteiger partial charge in [-0.15, -0.1) is 0 Å². The number of nitrogens with zero attached hydrogens (tertiary/aromatic N) is 2. The number of rotatable bonds is 5. The molecule has 1 fully saturated rings. The molecule has 3 atom stereocenters. The molecular formula is C24H21F2N3O3. The van der Waals surface area contributed by atoms with Gasteiger partial charge in [-0.25, -0.2) is 18.3 Å². The highest BCUT2D eigenvalue weighted by Gasteiger charge is 2.44. The van der Waals surface area contributed by atoms with Crippen molar-refractivity contribution < 1.29 is 23.1 Å². The van der Waals surface area contributed by atoms with Crippen LogP contribution in [0, 0.1) is 11.6 Å². The van der Waals surface area contributed by atoms with Gasteiger partial charge in [0.05, 0.1) is 12.8 Å². The van der Waals surface area contributed by atoms with Crippen LogP contribution >= 0.6 is 0 Å². The number of nitrogens with one attached hydrogen (secondary N) is 1. The lowest BCUT2D eigenvalue weighted by molar-refractivity contribution is -0.143. The number of halogens is 2. The summed E-state index contributed by atoms with van der Waals surface area (Å²) in [6, 6.07) is 11.1. The minimum atomic E-state index is -1.00. The Kier molecular flexibility index (Phi) is 5.00. The highest BCUT2D eigenvalue weighted by Crippen LogP contribution is 2.54. The summed E-state index contributed by atoms with van der Waals surface area (Å²) < 4.78 is 34.3. The lowest BCUT2D eigenvalue weighted by Crippen LogP contribution is -2.35. The van der Waals surface area contributed by atoms with E-state index in [0.29, 0.717) is 5.56 Å². The summed E-state index contributed by atoms with van der Waals surface area (Å²) in [5, 5.41) is 7.19. The van der Waals surface area contributed by atoms with Crippen molar-refractivity contribution in [2.24, 2.45) is 0 Å². The molecule has 3 aromatic rings. The third-order valence-corrected chi connectivity index (χ3v) is 6.39. The molecule has 164 valence electrons. The van der Waals surface area contributed by atoms with Crippen LogP contribution in [-0.2, 0) is 9.53 Å². The first kappa shape index (κ1) is 20.4. The van der Waals surface area contributed by atoms with Crippen LogP contribution in [0.25, 0.3) is 5.69 Å². The monoisotopic (exact) mass is 437 g/mol. The summed E-state index contributed by atoms with van der Waals surface area (Å²) in [5.41, 5.74) is 2.43. The van der Waals surface area contributed by atoms with Crippen LogP contribution in [0.1, 0.15) is 64.4 Å². The molecule has 0 spiro atoms. The summed E-state index contributed by atoms with van der Waals surface area (Å²) >= 11 is 0. The minimum Gasteiger partial charge on any atom is -0.467 e. The van der Waals surface area contributed by atoms with Gasteiger partial charge in [-0.1, -0.05) is 30.3 Å². The van der Waals surface area contributed by atoms with Gasteiger partial charge in [0, 0.05) is 17.5 Å². The Labute approximate surface area is 183 Å². The van der Waals surface area contributed by atoms with E-state index in [4.69, 9.17) is 4.74 Å². The van der Waals surface area contributed by atoms with Gasteiger partial charge in [0.2, 0.25) is 0 Å². The van der Waals surface area contributed by atoms with Crippen molar-refractivity contribution in [3.05, 3.63) is 82.7 Å². The second-order valence-electron chi connectivity index (χ2n) is 8.20. The predicted octanol–water partition coefficient (Wildman–Crippen LogP) is 4.16. The lowest BCUT2D eigenvalue weighted by atomic mass is 9.95. The van der Waals surface area contributed by atoms with Crippen LogP contribution in [0.3, 0.4) is 0 Å². The smallest absolute Gasteiger partial charge is 0.333 e. The Morgan fingerprint density at radius 3 is 2.59 bits per heavy atom. The van der Waals surface area contributed by atoms with Crippen LogP contribution in [-0.4, -0.2) is 28.8 Å². The van der Waals surface area contributed by atoms with Gasteiger partial charge in [0.15, 0.2) is 17.6 Å². The average molecular weight is 437 g/mol. The van der Waals surface area contributed by atoms with Crippen LogP contribution in [0.15, 0.2) is 48.5 Å². The summed E-state index contributed by atoms with van der Waals surface area (Å²) in [4.78, 5) is 25.7. The maximum Gasteiger partial charge on any atom is 0.333 e. The maximum absolute atomic E-state index is 14.6. The molecule has 1 heterocycles. The van der Waals surface area contributed by atoms with Crippen molar-refractivity contribution in [3.63, 3.8) is 0 Å². The Balaban J connectivity index is 1.56. The molecule has 0 aliphatic heterocycles. The van der Waals surface area contributed by atoms with Crippen molar-refractivity contribution in [1.82, 2.24) is 15.1 Å². The van der Waals surface area contributed by atoms with E-state index in [0.717, 1.165) is 36.6 Å². The van der Waals surface area contributed by atoms with Gasteiger partial charge in [0.1, 0.15) is 11.5 Å². The fourth-order valence-electron chi connectivity index (χ4n) is 4.98. The second-order valence-corrected chi connectivity index (χ2v) is 8.20. The highest BCUT2D eigenvalue weighted by molar-refractivity contribution is 5.97. The lowest BCUT2D eigenvalue weighted by Gasteiger charge is -2.17. The Morgan fingerprint density at radius 1 is 1.12 bits per heavy atom. The van der Waals surface area contributed by atoms with Gasteiger partial charge in [-0.3, -0.25) is 4.79 Å². The van der Waals surface area contributed by atoms with Crippen molar-refractivity contribution >= 4 is 11.9 Å². The first-order valence-electron chi connectivity index (χ1n) is 10.5. The number of carbonyl (C=O) groups excluding carboxylic acids is 2. The molecule has 1 N–H and O–H groups in total. The molecule has 1 saturated carbocycles. The molecule has 0 saturated heterocycles. The van der Waals surface area contributed by atoms with Gasteiger partial charge >= 0.3 is 5.97 Å². The third kappa shape index (κ3) is 3.26. The molecule has 1 amide bonds. The highest BCUT2D eigenvalue weighted by atomic mass is 19.1. The molecule has 1 aromatic heterocycles. The molecule has 6 nitrogen and oxygen atoms in total. The molecule has 5 rings (SSSR count). The van der Waals surface area contributed by atoms with Crippen molar-refractivity contribution in [2.45, 2.75) is 37.1 Å². The fraction of sp³-hybridized carbons (Fsp3) is 0.292. The van der Waals surface area contributed by atoms with E-state index >= 15 is 0 Å². The molecule has 8 heteroatoms. The number of amides is 1. The molecule has 32 heavy (non-hydrogen) atoms. The van der Waals surface area contributed by atoms with E-state index in [-0.39, 0.29) is 23.2 Å². The number of carbonyl (C=O) groups is 2. The van der Waals surface area contributed by atoms with E-state index in [1.165, 1.54) is 23.9 Å². The second kappa shape index (κ2) is 7.85. The summed E-state index contributed by atoms with van der Waals surface area (Å²) in [7, 11) is 1.26. The Bertz CT molecular complexity index is 1210. The zero-order valence-corrected chi connectivity index (χ0v) is 17.3. The molecule has 2 unspecified atom stereocenters. The van der Waals surface area contributed by atoms with Crippen LogP contribution in [0.2, 0.25) is 0 Å². The molecule has 2 bridgehead atoms. The zero-order chi connectivity index (χ0) is 22.4. The summed E-state index contributed by atoms with van der Waals surface area (Å²) in [5.74, 6) is -2.25. The SMILES string of the molecule is COC(=O)[C@@H](NC(=O)c1nn(-c2ccc(F)cc2F)c2c1C1CCC2C1)c1ccccc1. The van der Waals surface area contributed by atoms with E-state index in [2.05, 4.69) is 10.4 Å². The molecule has 2 aliphatic carbocycles. The van der Waals surface area contributed by atoms with Crippen LogP contribution < -0.4 is 5.32 Å². The number of hydrogen-bond donors (Lipinski definition) is 1. The van der Waals surface area contributed by atoms with Crippen molar-refractivity contribution in [2.75, 3.05) is 7.11 Å². The van der Waals surface area contributed by atoms with Crippen LogP contribution in [0.5, 0.6) is 0 Å². The quantitative estimate of drug-likeness (QED) is 0.609. The van der Waals surface area contributed by atoms with Crippen LogP contribution in [0.4, 0.5) is 8.78 Å². The van der Waals surface area contributed by atoms with Gasteiger partial charge in [-0.05, 0) is 42.9 Å². The average Bonchev–Trinajstić information content (AvgIpc) is 3.51. The Hall–Kier alpha value is -3.55. The van der Waals surface area contributed by atoms with E-state index in [9.17, 15) is 18.4 Å². The number of fused-ring (bicyclic) bond motifs is 5. The first-order valence-corrected chi connectivity index (χ1v) is 10.5. The normalized spacial score (nSPS) is 19.5. The fourth-order valence-corrected chi connectivity index (χ4v) is 4.98. The first-order chi connectivity index (χ1) is 15.5. The summed E-state index contributed by atoms with van der Waals surface area (Å²) in [6.45, 7) is 0. The molecular weight excluding hydrogens is 416 g/mol. The summed E-state index contributed by atoms with van der Waals surface area (Å²) in [6.07, 6.45) is 2.73. The number of benzene rings is 2. The standard InChI is InChI=1S/C24H21F2N3O3/c1-32-24(31)20(13-5-3-2-4-6-13)27-23(30)21-19-14-7-8-15(11-14)22(19)29(28-21)18-10-9-16(25)12-17(18)26/h2-6,9-10,12,14-15,20H,7-8,11H2,1H3,(H,27,30)/t14?,15?,20-/m0/s1. The van der Waals surface area contributed by atoms with Gasteiger partial charge < -0.3 is 10.1 Å². The number of ether oxygens (including phenoxy) is 1. The zero-order valence-electron chi connectivity index (χ0n) is 17.3. The number of methoxy groups -OCH3 is 1. The third-order valence-electron chi connectivity index (χ3n) is 6.39. The largest absolute Gasteiger partial charge is 0.467 e. The topological polar surface area (TPSA) is 73.2 Å².